The van der Waals surface area contributed by atoms with Gasteiger partial charge in [0.15, 0.2) is 11.6 Å². The molecule has 108 valence electrons. The van der Waals surface area contributed by atoms with Crippen LogP contribution in [0.3, 0.4) is 0 Å². The van der Waals surface area contributed by atoms with Gasteiger partial charge in [-0.25, -0.2) is 9.18 Å². The average molecular weight is 352 g/mol. The molecule has 0 bridgehead atoms. The molecule has 1 aromatic carbocycles. The molecule has 6 heteroatoms. The molecule has 1 N–H and O–H groups in total. The van der Waals surface area contributed by atoms with Crippen LogP contribution < -0.4 is 4.74 Å². The number of carboxylic acids is 1. The number of carboxylic acid groups (broad SMARTS) is 1. The number of benzene rings is 1. The van der Waals surface area contributed by atoms with Crippen molar-refractivity contribution in [1.29, 1.82) is 0 Å². The van der Waals surface area contributed by atoms with Crippen molar-refractivity contribution in [2.24, 2.45) is 0 Å². The summed E-state index contributed by atoms with van der Waals surface area (Å²) in [4.78, 5) is 14.4. The highest BCUT2D eigenvalue weighted by Crippen LogP contribution is 2.21. The summed E-state index contributed by atoms with van der Waals surface area (Å²) in [6.07, 6.45) is 5.54. The van der Waals surface area contributed by atoms with Crippen LogP contribution in [-0.2, 0) is 11.4 Å². The monoisotopic (exact) mass is 351 g/mol. The van der Waals surface area contributed by atoms with E-state index in [1.807, 2.05) is 6.07 Å². The molecule has 1 heterocycles. The number of rotatable bonds is 5. The molecule has 0 radical (unpaired) electrons. The molecule has 0 unspecified atom stereocenters. The first kappa shape index (κ1) is 15.2. The van der Waals surface area contributed by atoms with E-state index in [4.69, 9.17) is 9.84 Å². The smallest absolute Gasteiger partial charge is 0.328 e. The summed E-state index contributed by atoms with van der Waals surface area (Å²) in [7, 11) is 0. The van der Waals surface area contributed by atoms with Crippen molar-refractivity contribution in [3.05, 3.63) is 64.2 Å². The Kier molecular flexibility index (Phi) is 5.05. The fraction of sp³-hybridized carbons (Fsp3) is 0.0667. The number of carbonyl (C=O) groups is 1. The van der Waals surface area contributed by atoms with Crippen molar-refractivity contribution in [1.82, 2.24) is 4.98 Å². The Morgan fingerprint density at radius 2 is 2.19 bits per heavy atom. The number of hydrogen-bond acceptors (Lipinski definition) is 3. The van der Waals surface area contributed by atoms with E-state index in [-0.39, 0.29) is 12.4 Å². The maximum absolute atomic E-state index is 13.8. The van der Waals surface area contributed by atoms with Gasteiger partial charge in [-0.2, -0.15) is 0 Å². The van der Waals surface area contributed by atoms with Gasteiger partial charge in [-0.1, -0.05) is 6.07 Å². The van der Waals surface area contributed by atoms with Crippen LogP contribution in [0, 0.1) is 5.82 Å². The van der Waals surface area contributed by atoms with Crippen LogP contribution in [0.2, 0.25) is 0 Å². The largest absolute Gasteiger partial charge is 0.486 e. The predicted molar refractivity (Wildman–Crippen MR) is 79.3 cm³/mol. The number of aliphatic carboxylic acids is 1. The lowest BCUT2D eigenvalue weighted by Crippen LogP contribution is -1.98. The van der Waals surface area contributed by atoms with Gasteiger partial charge in [-0.3, -0.25) is 4.98 Å². The zero-order valence-electron chi connectivity index (χ0n) is 10.8. The summed E-state index contributed by atoms with van der Waals surface area (Å²) >= 11 is 3.29. The van der Waals surface area contributed by atoms with Gasteiger partial charge >= 0.3 is 5.97 Å². The molecular weight excluding hydrogens is 341 g/mol. The third kappa shape index (κ3) is 4.68. The highest BCUT2D eigenvalue weighted by molar-refractivity contribution is 9.10. The van der Waals surface area contributed by atoms with Crippen LogP contribution in [-0.4, -0.2) is 16.1 Å². The Bertz CT molecular complexity index is 688. The molecule has 0 amide bonds. The van der Waals surface area contributed by atoms with Crippen LogP contribution >= 0.6 is 15.9 Å². The summed E-state index contributed by atoms with van der Waals surface area (Å²) < 4.78 is 20.0. The molecule has 21 heavy (non-hydrogen) atoms. The number of halogens is 2. The van der Waals surface area contributed by atoms with E-state index >= 15 is 0 Å². The minimum absolute atomic E-state index is 0.0995. The van der Waals surface area contributed by atoms with Gasteiger partial charge in [-0.05, 0) is 45.8 Å². The molecule has 0 saturated heterocycles. The minimum atomic E-state index is -1.09. The summed E-state index contributed by atoms with van der Waals surface area (Å²) in [5.41, 5.74) is 1.25. The van der Waals surface area contributed by atoms with Crippen molar-refractivity contribution in [3.63, 3.8) is 0 Å². The van der Waals surface area contributed by atoms with Crippen molar-refractivity contribution < 1.29 is 19.0 Å². The summed E-state index contributed by atoms with van der Waals surface area (Å²) in [5, 5.41) is 8.52. The van der Waals surface area contributed by atoms with Crippen molar-refractivity contribution in [2.45, 2.75) is 6.61 Å². The second kappa shape index (κ2) is 6.99. The Morgan fingerprint density at radius 1 is 1.38 bits per heavy atom. The van der Waals surface area contributed by atoms with Crippen molar-refractivity contribution in [3.8, 4) is 5.75 Å². The van der Waals surface area contributed by atoms with Gasteiger partial charge in [0.25, 0.3) is 0 Å². The molecule has 0 saturated carbocycles. The normalized spacial score (nSPS) is 10.8. The fourth-order valence-electron chi connectivity index (χ4n) is 1.60. The van der Waals surface area contributed by atoms with E-state index in [1.54, 1.807) is 18.5 Å². The average Bonchev–Trinajstić information content (AvgIpc) is 2.44. The number of pyridine rings is 1. The topological polar surface area (TPSA) is 59.4 Å². The van der Waals surface area contributed by atoms with E-state index in [1.165, 1.54) is 18.2 Å². The zero-order valence-corrected chi connectivity index (χ0v) is 12.4. The van der Waals surface area contributed by atoms with Crippen molar-refractivity contribution in [2.75, 3.05) is 0 Å². The third-order valence-corrected chi connectivity index (χ3v) is 2.96. The lowest BCUT2D eigenvalue weighted by molar-refractivity contribution is -0.131. The van der Waals surface area contributed by atoms with Crippen LogP contribution in [0.4, 0.5) is 4.39 Å². The van der Waals surface area contributed by atoms with Gasteiger partial charge in [0.1, 0.15) is 6.61 Å². The molecule has 0 aliphatic heterocycles. The molecule has 1 aromatic heterocycles. The summed E-state index contributed by atoms with van der Waals surface area (Å²) in [6, 6.07) is 6.09. The van der Waals surface area contributed by atoms with Gasteiger partial charge in [0.05, 0.1) is 0 Å². The van der Waals surface area contributed by atoms with E-state index in [0.29, 0.717) is 5.56 Å². The molecule has 0 fully saturated rings. The fourth-order valence-corrected chi connectivity index (χ4v) is 2.01. The molecule has 0 spiro atoms. The molecule has 0 aliphatic carbocycles. The van der Waals surface area contributed by atoms with Crippen LogP contribution in [0.15, 0.2) is 47.2 Å². The van der Waals surface area contributed by atoms with Crippen LogP contribution in [0.5, 0.6) is 5.75 Å². The number of ether oxygens (including phenoxy) is 1. The Labute approximate surface area is 129 Å². The van der Waals surface area contributed by atoms with E-state index < -0.39 is 11.8 Å². The second-order valence-corrected chi connectivity index (χ2v) is 5.08. The van der Waals surface area contributed by atoms with Crippen molar-refractivity contribution >= 4 is 28.0 Å². The number of aromatic nitrogens is 1. The zero-order chi connectivity index (χ0) is 15.2. The number of nitrogens with zero attached hydrogens (tertiary/aromatic N) is 1. The van der Waals surface area contributed by atoms with Gasteiger partial charge in [-0.15, -0.1) is 0 Å². The Morgan fingerprint density at radius 3 is 2.86 bits per heavy atom. The van der Waals surface area contributed by atoms with Crippen LogP contribution in [0.25, 0.3) is 6.08 Å². The SMILES string of the molecule is O=C(O)/C=C/c1ccc(OCc2cncc(Br)c2)c(F)c1. The first-order chi connectivity index (χ1) is 10.0. The molecule has 4 nitrogen and oxygen atoms in total. The molecule has 2 aromatic rings. The second-order valence-electron chi connectivity index (χ2n) is 4.16. The van der Waals surface area contributed by atoms with Crippen LogP contribution in [0.1, 0.15) is 11.1 Å². The highest BCUT2D eigenvalue weighted by atomic mass is 79.9. The minimum Gasteiger partial charge on any atom is -0.486 e. The standard InChI is InChI=1S/C15H11BrFNO3/c16-12-5-11(7-18-8-12)9-21-14-3-1-10(6-13(14)17)2-4-15(19)20/h1-8H,9H2,(H,19,20)/b4-2+. The maximum Gasteiger partial charge on any atom is 0.328 e. The summed E-state index contributed by atoms with van der Waals surface area (Å²) in [6.45, 7) is 0.188. The molecule has 2 rings (SSSR count). The Hall–Kier alpha value is -2.21. The van der Waals surface area contributed by atoms with E-state index in [2.05, 4.69) is 20.9 Å². The quantitative estimate of drug-likeness (QED) is 0.835. The molecule has 0 aliphatic rings. The summed E-state index contributed by atoms with van der Waals surface area (Å²) in [5.74, 6) is -1.54. The van der Waals surface area contributed by atoms with E-state index in [0.717, 1.165) is 16.1 Å². The first-order valence-electron chi connectivity index (χ1n) is 5.97. The molecule has 0 atom stereocenters. The van der Waals surface area contributed by atoms with Gasteiger partial charge in [0.2, 0.25) is 0 Å². The highest BCUT2D eigenvalue weighted by Gasteiger charge is 2.05. The van der Waals surface area contributed by atoms with Gasteiger partial charge in [0, 0.05) is 28.5 Å². The lowest BCUT2D eigenvalue weighted by Gasteiger charge is -2.08. The number of hydrogen-bond donors (Lipinski definition) is 1. The van der Waals surface area contributed by atoms with E-state index in [9.17, 15) is 9.18 Å². The Balaban J connectivity index is 2.06. The first-order valence-corrected chi connectivity index (χ1v) is 6.76. The maximum atomic E-state index is 13.8. The van der Waals surface area contributed by atoms with Gasteiger partial charge < -0.3 is 9.84 Å². The lowest BCUT2D eigenvalue weighted by atomic mass is 10.2. The molecular formula is C15H11BrFNO3. The predicted octanol–water partition coefficient (Wildman–Crippen LogP) is 3.66. The third-order valence-electron chi connectivity index (χ3n) is 2.53.